The van der Waals surface area contributed by atoms with E-state index in [2.05, 4.69) is 36.5 Å². The van der Waals surface area contributed by atoms with Crippen molar-refractivity contribution in [3.05, 3.63) is 60.2 Å². The minimum Gasteiger partial charge on any atom is -0.497 e. The van der Waals surface area contributed by atoms with Gasteiger partial charge in [-0.3, -0.25) is 0 Å². The molecule has 112 valence electrons. The Morgan fingerprint density at radius 2 is 1.71 bits per heavy atom. The lowest BCUT2D eigenvalue weighted by molar-refractivity contribution is 0.264. The van der Waals surface area contributed by atoms with E-state index in [0.29, 0.717) is 5.92 Å². The highest BCUT2D eigenvalue weighted by Gasteiger charge is 2.13. The number of hydrogen-bond donors (Lipinski definition) is 2. The number of ether oxygens (including phenoxy) is 1. The summed E-state index contributed by atoms with van der Waals surface area (Å²) >= 11 is 0. The molecular weight excluding hydrogens is 262 g/mol. The molecule has 0 spiro atoms. The van der Waals surface area contributed by atoms with Gasteiger partial charge in [-0.1, -0.05) is 37.3 Å². The van der Waals surface area contributed by atoms with Crippen molar-refractivity contribution in [1.29, 1.82) is 0 Å². The lowest BCUT2D eigenvalue weighted by Crippen LogP contribution is -2.25. The third-order valence-corrected chi connectivity index (χ3v) is 3.69. The van der Waals surface area contributed by atoms with Crippen LogP contribution >= 0.6 is 0 Å². The number of methoxy groups -OCH3 is 1. The highest BCUT2D eigenvalue weighted by Crippen LogP contribution is 2.23. The summed E-state index contributed by atoms with van der Waals surface area (Å²) in [6.45, 7) is 2.30. The number of anilines is 1. The van der Waals surface area contributed by atoms with Gasteiger partial charge in [-0.05, 0) is 42.2 Å². The Labute approximate surface area is 126 Å². The summed E-state index contributed by atoms with van der Waals surface area (Å²) in [5, 5.41) is 13.0. The van der Waals surface area contributed by atoms with E-state index in [1.807, 2.05) is 30.3 Å². The molecule has 2 atom stereocenters. The van der Waals surface area contributed by atoms with Gasteiger partial charge in [0.1, 0.15) is 5.75 Å². The number of nitrogens with one attached hydrogen (secondary N) is 1. The number of rotatable bonds is 7. The maximum atomic E-state index is 9.60. The van der Waals surface area contributed by atoms with Gasteiger partial charge in [0, 0.05) is 11.7 Å². The van der Waals surface area contributed by atoms with Crippen LogP contribution in [-0.4, -0.2) is 24.9 Å². The lowest BCUT2D eigenvalue weighted by Gasteiger charge is -2.22. The first-order valence-electron chi connectivity index (χ1n) is 7.29. The third kappa shape index (κ3) is 4.50. The van der Waals surface area contributed by atoms with Crippen molar-refractivity contribution >= 4 is 5.69 Å². The van der Waals surface area contributed by atoms with Crippen LogP contribution in [0.5, 0.6) is 5.75 Å². The van der Waals surface area contributed by atoms with Gasteiger partial charge >= 0.3 is 0 Å². The van der Waals surface area contributed by atoms with Crippen LogP contribution in [0.4, 0.5) is 5.69 Å². The fourth-order valence-corrected chi connectivity index (χ4v) is 2.45. The molecule has 0 aliphatic heterocycles. The molecule has 2 N–H and O–H groups in total. The summed E-state index contributed by atoms with van der Waals surface area (Å²) in [7, 11) is 1.65. The highest BCUT2D eigenvalue weighted by molar-refractivity contribution is 5.47. The summed E-state index contributed by atoms with van der Waals surface area (Å²) in [6.07, 6.45) is 0.881. The van der Waals surface area contributed by atoms with Crippen LogP contribution in [0.15, 0.2) is 54.6 Å². The molecule has 2 rings (SSSR count). The van der Waals surface area contributed by atoms with Crippen molar-refractivity contribution in [2.75, 3.05) is 19.0 Å². The first-order chi connectivity index (χ1) is 10.2. The summed E-state index contributed by atoms with van der Waals surface area (Å²) in [5.41, 5.74) is 2.29. The van der Waals surface area contributed by atoms with E-state index in [1.165, 1.54) is 5.56 Å². The van der Waals surface area contributed by atoms with Gasteiger partial charge in [0.15, 0.2) is 0 Å². The molecule has 0 fully saturated rings. The van der Waals surface area contributed by atoms with Crippen LogP contribution in [0.3, 0.4) is 0 Å². The third-order valence-electron chi connectivity index (χ3n) is 3.69. The van der Waals surface area contributed by atoms with E-state index >= 15 is 0 Å². The van der Waals surface area contributed by atoms with Crippen LogP contribution in [-0.2, 0) is 0 Å². The highest BCUT2D eigenvalue weighted by atomic mass is 16.5. The van der Waals surface area contributed by atoms with Crippen LogP contribution < -0.4 is 10.1 Å². The topological polar surface area (TPSA) is 41.5 Å². The normalized spacial score (nSPS) is 13.5. The second-order valence-corrected chi connectivity index (χ2v) is 5.30. The van der Waals surface area contributed by atoms with Crippen molar-refractivity contribution < 1.29 is 9.84 Å². The molecule has 3 nitrogen and oxygen atoms in total. The SMILES string of the molecule is COc1ccc(NC(CO)CC(C)c2ccccc2)cc1. The molecule has 0 radical (unpaired) electrons. The Kier molecular flexibility index (Phi) is 5.64. The van der Waals surface area contributed by atoms with E-state index in [4.69, 9.17) is 4.74 Å². The number of benzene rings is 2. The van der Waals surface area contributed by atoms with Crippen molar-refractivity contribution in [3.63, 3.8) is 0 Å². The van der Waals surface area contributed by atoms with Crippen molar-refractivity contribution in [2.45, 2.75) is 25.3 Å². The number of aliphatic hydroxyl groups is 1. The summed E-state index contributed by atoms with van der Waals surface area (Å²) in [5.74, 6) is 1.23. The zero-order chi connectivity index (χ0) is 15.1. The monoisotopic (exact) mass is 285 g/mol. The van der Waals surface area contributed by atoms with Crippen LogP contribution in [0.25, 0.3) is 0 Å². The smallest absolute Gasteiger partial charge is 0.119 e. The summed E-state index contributed by atoms with van der Waals surface area (Å²) in [4.78, 5) is 0. The summed E-state index contributed by atoms with van der Waals surface area (Å²) < 4.78 is 5.15. The molecule has 2 unspecified atom stereocenters. The van der Waals surface area contributed by atoms with Crippen molar-refractivity contribution in [3.8, 4) is 5.75 Å². The Balaban J connectivity index is 1.96. The molecule has 0 saturated heterocycles. The molecule has 0 aliphatic rings. The van der Waals surface area contributed by atoms with Gasteiger partial charge in [-0.25, -0.2) is 0 Å². The Morgan fingerprint density at radius 3 is 2.29 bits per heavy atom. The van der Waals surface area contributed by atoms with Gasteiger partial charge in [-0.15, -0.1) is 0 Å². The second kappa shape index (κ2) is 7.70. The Morgan fingerprint density at radius 1 is 1.05 bits per heavy atom. The van der Waals surface area contributed by atoms with Gasteiger partial charge < -0.3 is 15.2 Å². The lowest BCUT2D eigenvalue weighted by atomic mass is 9.94. The molecule has 0 amide bonds. The molecule has 0 bridgehead atoms. The standard InChI is InChI=1S/C18H23NO2/c1-14(15-6-4-3-5-7-15)12-17(13-20)19-16-8-10-18(21-2)11-9-16/h3-11,14,17,19-20H,12-13H2,1-2H3. The van der Waals surface area contributed by atoms with Crippen LogP contribution in [0.2, 0.25) is 0 Å². The molecule has 0 aromatic heterocycles. The predicted octanol–water partition coefficient (Wildman–Crippen LogP) is 3.66. The first kappa shape index (κ1) is 15.4. The largest absolute Gasteiger partial charge is 0.497 e. The number of hydrogen-bond acceptors (Lipinski definition) is 3. The van der Waals surface area contributed by atoms with Crippen LogP contribution in [0, 0.1) is 0 Å². The average molecular weight is 285 g/mol. The molecule has 3 heteroatoms. The average Bonchev–Trinajstić information content (AvgIpc) is 2.55. The minimum absolute atomic E-state index is 0.0357. The summed E-state index contributed by atoms with van der Waals surface area (Å²) in [6, 6.07) is 18.2. The van der Waals surface area contributed by atoms with Gasteiger partial charge in [-0.2, -0.15) is 0 Å². The Hall–Kier alpha value is -2.00. The van der Waals surface area contributed by atoms with Crippen molar-refractivity contribution in [1.82, 2.24) is 0 Å². The Bertz CT molecular complexity index is 525. The molecule has 0 aliphatic carbocycles. The molecule has 21 heavy (non-hydrogen) atoms. The van der Waals surface area contributed by atoms with Gasteiger partial charge in [0.05, 0.1) is 13.7 Å². The molecule has 2 aromatic carbocycles. The predicted molar refractivity (Wildman–Crippen MR) is 87.0 cm³/mol. The van der Waals surface area contributed by atoms with E-state index in [-0.39, 0.29) is 12.6 Å². The zero-order valence-electron chi connectivity index (χ0n) is 12.6. The molecular formula is C18H23NO2. The maximum absolute atomic E-state index is 9.60. The second-order valence-electron chi connectivity index (χ2n) is 5.30. The molecule has 2 aromatic rings. The number of aliphatic hydroxyl groups excluding tert-OH is 1. The van der Waals surface area contributed by atoms with E-state index in [1.54, 1.807) is 7.11 Å². The van der Waals surface area contributed by atoms with E-state index < -0.39 is 0 Å². The fourth-order valence-electron chi connectivity index (χ4n) is 2.45. The van der Waals surface area contributed by atoms with E-state index in [9.17, 15) is 5.11 Å². The van der Waals surface area contributed by atoms with Gasteiger partial charge in [0.25, 0.3) is 0 Å². The zero-order valence-corrected chi connectivity index (χ0v) is 12.6. The maximum Gasteiger partial charge on any atom is 0.119 e. The molecule has 0 saturated carbocycles. The molecule has 0 heterocycles. The fraction of sp³-hybridized carbons (Fsp3) is 0.333. The van der Waals surface area contributed by atoms with Crippen molar-refractivity contribution in [2.24, 2.45) is 0 Å². The van der Waals surface area contributed by atoms with Gasteiger partial charge in [0.2, 0.25) is 0 Å². The quantitative estimate of drug-likeness (QED) is 0.815. The minimum atomic E-state index is 0.0357. The van der Waals surface area contributed by atoms with Crippen LogP contribution in [0.1, 0.15) is 24.8 Å². The van der Waals surface area contributed by atoms with E-state index in [0.717, 1.165) is 17.9 Å². The first-order valence-corrected chi connectivity index (χ1v) is 7.29.